The lowest BCUT2D eigenvalue weighted by Crippen LogP contribution is -2.48. The standard InChI is InChI=1S/C28H54N4O5/c1-3-4-5-6-7-8-9-10-11-12-13-14-15-19-26(34)30-25(28(36)37)20-21-27(35)32-31-24(23(2)33)18-16-17-22-29/h24-25,31H,3-22,29H2,1-2H3,(H,30,34)(H,32,35)(H,36,37)/t24-,25?/m0/s1. The third-order valence-corrected chi connectivity index (χ3v) is 6.62. The number of amides is 2. The second-order valence-electron chi connectivity index (χ2n) is 10.1. The Morgan fingerprint density at radius 2 is 1.22 bits per heavy atom. The number of carboxylic acids is 1. The van der Waals surface area contributed by atoms with Gasteiger partial charge in [-0.25, -0.2) is 10.2 Å². The van der Waals surface area contributed by atoms with E-state index in [9.17, 15) is 24.3 Å². The Labute approximate surface area is 224 Å². The van der Waals surface area contributed by atoms with Gasteiger partial charge in [-0.15, -0.1) is 0 Å². The molecule has 0 saturated heterocycles. The topological polar surface area (TPSA) is 151 Å². The fourth-order valence-corrected chi connectivity index (χ4v) is 4.20. The van der Waals surface area contributed by atoms with Gasteiger partial charge in [0, 0.05) is 12.8 Å². The smallest absolute Gasteiger partial charge is 0.326 e. The quantitative estimate of drug-likeness (QED) is 0.0821. The Kier molecular flexibility index (Phi) is 23.0. The Balaban J connectivity index is 3.96. The van der Waals surface area contributed by atoms with E-state index in [4.69, 9.17) is 5.73 Å². The second kappa shape index (κ2) is 24.3. The molecule has 0 fully saturated rings. The van der Waals surface area contributed by atoms with E-state index in [2.05, 4.69) is 23.1 Å². The summed E-state index contributed by atoms with van der Waals surface area (Å²) in [5, 5.41) is 11.9. The number of ketones is 1. The Hall–Kier alpha value is -2.00. The number of nitrogens with two attached hydrogens (primary N) is 1. The van der Waals surface area contributed by atoms with Crippen molar-refractivity contribution < 1.29 is 24.3 Å². The van der Waals surface area contributed by atoms with Gasteiger partial charge in [-0.05, 0) is 39.2 Å². The van der Waals surface area contributed by atoms with Crippen molar-refractivity contribution in [2.75, 3.05) is 6.54 Å². The van der Waals surface area contributed by atoms with Crippen LogP contribution in [0.3, 0.4) is 0 Å². The SMILES string of the molecule is CCCCCCCCCCCCCCCC(=O)NC(CCC(=O)NN[C@@H](CCCCN)C(C)=O)C(=O)O. The van der Waals surface area contributed by atoms with Crippen LogP contribution < -0.4 is 21.9 Å². The largest absolute Gasteiger partial charge is 0.480 e. The normalized spacial score (nSPS) is 12.6. The van der Waals surface area contributed by atoms with Gasteiger partial charge in [0.05, 0.1) is 6.04 Å². The summed E-state index contributed by atoms with van der Waals surface area (Å²) in [6, 6.07) is -1.63. The molecule has 0 radical (unpaired) electrons. The molecule has 6 N–H and O–H groups in total. The summed E-state index contributed by atoms with van der Waals surface area (Å²) in [7, 11) is 0. The highest BCUT2D eigenvalue weighted by molar-refractivity contribution is 5.84. The molecule has 2 amide bonds. The minimum absolute atomic E-state index is 0.0227. The van der Waals surface area contributed by atoms with Gasteiger partial charge in [-0.1, -0.05) is 90.4 Å². The van der Waals surface area contributed by atoms with E-state index in [1.165, 1.54) is 71.1 Å². The van der Waals surface area contributed by atoms with E-state index in [0.29, 0.717) is 19.4 Å². The Morgan fingerprint density at radius 3 is 1.70 bits per heavy atom. The summed E-state index contributed by atoms with van der Waals surface area (Å²) >= 11 is 0. The van der Waals surface area contributed by atoms with Gasteiger partial charge in [0.15, 0.2) is 0 Å². The van der Waals surface area contributed by atoms with Gasteiger partial charge in [-0.2, -0.15) is 0 Å². The summed E-state index contributed by atoms with van der Waals surface area (Å²) < 4.78 is 0. The summed E-state index contributed by atoms with van der Waals surface area (Å²) in [4.78, 5) is 47.5. The molecule has 0 aromatic heterocycles. The maximum Gasteiger partial charge on any atom is 0.326 e. The lowest BCUT2D eigenvalue weighted by molar-refractivity contribution is -0.142. The van der Waals surface area contributed by atoms with Crippen molar-refractivity contribution in [3.05, 3.63) is 0 Å². The zero-order valence-electron chi connectivity index (χ0n) is 23.5. The highest BCUT2D eigenvalue weighted by Crippen LogP contribution is 2.13. The van der Waals surface area contributed by atoms with Crippen LogP contribution in [-0.2, 0) is 19.2 Å². The zero-order valence-corrected chi connectivity index (χ0v) is 23.5. The fraction of sp³-hybridized carbons (Fsp3) is 0.857. The molecule has 0 saturated carbocycles. The summed E-state index contributed by atoms with van der Waals surface area (Å²) in [5.41, 5.74) is 10.7. The molecule has 0 aliphatic heterocycles. The Bertz CT molecular complexity index is 630. The third-order valence-electron chi connectivity index (χ3n) is 6.62. The number of Topliss-reactive ketones (excluding diaryl/α,β-unsaturated/α-hetero) is 1. The molecular weight excluding hydrogens is 472 g/mol. The van der Waals surface area contributed by atoms with Gasteiger partial charge in [0.1, 0.15) is 11.8 Å². The number of hydrogen-bond donors (Lipinski definition) is 5. The van der Waals surface area contributed by atoms with Crippen LogP contribution in [0.5, 0.6) is 0 Å². The van der Waals surface area contributed by atoms with Crippen molar-refractivity contribution >= 4 is 23.6 Å². The molecule has 1 unspecified atom stereocenters. The van der Waals surface area contributed by atoms with Crippen molar-refractivity contribution in [3.63, 3.8) is 0 Å². The van der Waals surface area contributed by atoms with Crippen LogP contribution in [0.2, 0.25) is 0 Å². The first-order valence-corrected chi connectivity index (χ1v) is 14.6. The van der Waals surface area contributed by atoms with Crippen LogP contribution in [0, 0.1) is 0 Å². The van der Waals surface area contributed by atoms with E-state index in [-0.39, 0.29) is 24.5 Å². The monoisotopic (exact) mass is 526 g/mol. The first kappa shape index (κ1) is 35.0. The average Bonchev–Trinajstić information content (AvgIpc) is 2.86. The van der Waals surface area contributed by atoms with Gasteiger partial charge in [0.25, 0.3) is 0 Å². The molecule has 37 heavy (non-hydrogen) atoms. The van der Waals surface area contributed by atoms with Crippen molar-refractivity contribution in [2.45, 2.75) is 148 Å². The maximum absolute atomic E-state index is 12.2. The summed E-state index contributed by atoms with van der Waals surface area (Å²) in [6.45, 7) is 4.22. The van der Waals surface area contributed by atoms with E-state index in [1.807, 2.05) is 0 Å². The average molecular weight is 527 g/mol. The molecule has 9 heteroatoms. The molecule has 0 aromatic rings. The third kappa shape index (κ3) is 21.8. The summed E-state index contributed by atoms with van der Waals surface area (Å²) in [5.74, 6) is -1.99. The van der Waals surface area contributed by atoms with E-state index in [0.717, 1.165) is 32.1 Å². The number of rotatable bonds is 26. The fourth-order valence-electron chi connectivity index (χ4n) is 4.20. The van der Waals surface area contributed by atoms with Crippen LogP contribution in [0.1, 0.15) is 136 Å². The van der Waals surface area contributed by atoms with Crippen LogP contribution in [0.15, 0.2) is 0 Å². The van der Waals surface area contributed by atoms with Gasteiger partial charge in [0.2, 0.25) is 11.8 Å². The molecule has 9 nitrogen and oxygen atoms in total. The Morgan fingerprint density at radius 1 is 0.676 bits per heavy atom. The molecule has 0 aliphatic rings. The van der Waals surface area contributed by atoms with E-state index >= 15 is 0 Å². The van der Waals surface area contributed by atoms with Crippen molar-refractivity contribution in [2.24, 2.45) is 5.73 Å². The molecule has 0 heterocycles. The zero-order chi connectivity index (χ0) is 27.7. The minimum atomic E-state index is -1.16. The number of carboxylic acid groups (broad SMARTS) is 1. The van der Waals surface area contributed by atoms with Crippen LogP contribution in [0.4, 0.5) is 0 Å². The van der Waals surface area contributed by atoms with Crippen LogP contribution >= 0.6 is 0 Å². The van der Waals surface area contributed by atoms with Crippen LogP contribution in [0.25, 0.3) is 0 Å². The van der Waals surface area contributed by atoms with Crippen LogP contribution in [-0.4, -0.2) is 47.3 Å². The maximum atomic E-state index is 12.2. The molecule has 0 bridgehead atoms. The second-order valence-corrected chi connectivity index (χ2v) is 10.1. The molecule has 0 rings (SSSR count). The highest BCUT2D eigenvalue weighted by atomic mass is 16.4. The highest BCUT2D eigenvalue weighted by Gasteiger charge is 2.21. The van der Waals surface area contributed by atoms with E-state index < -0.39 is 24.0 Å². The van der Waals surface area contributed by atoms with Crippen molar-refractivity contribution in [1.29, 1.82) is 0 Å². The van der Waals surface area contributed by atoms with Crippen molar-refractivity contribution in [1.82, 2.24) is 16.2 Å². The number of aliphatic carboxylic acids is 1. The molecule has 0 spiro atoms. The number of hydrogen-bond acceptors (Lipinski definition) is 6. The molecule has 0 aliphatic carbocycles. The molecule has 216 valence electrons. The predicted molar refractivity (Wildman–Crippen MR) is 148 cm³/mol. The first-order chi connectivity index (χ1) is 17.8. The lowest BCUT2D eigenvalue weighted by Gasteiger charge is -2.17. The summed E-state index contributed by atoms with van der Waals surface area (Å²) in [6.07, 6.45) is 18.1. The first-order valence-electron chi connectivity index (χ1n) is 14.6. The van der Waals surface area contributed by atoms with Gasteiger partial charge < -0.3 is 16.2 Å². The number of hydrazine groups is 1. The van der Waals surface area contributed by atoms with Crippen molar-refractivity contribution in [3.8, 4) is 0 Å². The predicted octanol–water partition coefficient (Wildman–Crippen LogP) is 4.52. The molecular formula is C28H54N4O5. The lowest BCUT2D eigenvalue weighted by atomic mass is 10.0. The molecule has 0 aromatic carbocycles. The van der Waals surface area contributed by atoms with Gasteiger partial charge in [-0.3, -0.25) is 19.8 Å². The number of unbranched alkanes of at least 4 members (excludes halogenated alkanes) is 13. The minimum Gasteiger partial charge on any atom is -0.480 e. The van der Waals surface area contributed by atoms with Gasteiger partial charge >= 0.3 is 5.97 Å². The molecule has 2 atom stereocenters. The number of nitrogens with one attached hydrogen (secondary N) is 3. The number of carbonyl (C=O) groups excluding carboxylic acids is 3. The van der Waals surface area contributed by atoms with E-state index in [1.54, 1.807) is 0 Å². The number of carbonyl (C=O) groups is 4.